The topological polar surface area (TPSA) is 97.6 Å². The molecule has 0 unspecified atom stereocenters. The second kappa shape index (κ2) is 9.33. The molecular formula is C26H27F3N2O5. The van der Waals surface area contributed by atoms with Crippen molar-refractivity contribution < 1.29 is 31.9 Å². The van der Waals surface area contributed by atoms with Crippen LogP contribution in [0.3, 0.4) is 0 Å². The molecule has 0 saturated carbocycles. The van der Waals surface area contributed by atoms with E-state index >= 15 is 8.78 Å². The number of anilines is 2. The van der Waals surface area contributed by atoms with Crippen LogP contribution in [0.25, 0.3) is 22.3 Å². The predicted octanol–water partition coefficient (Wildman–Crippen LogP) is 5.86. The minimum atomic E-state index is -1.30. The summed E-state index contributed by atoms with van der Waals surface area (Å²) >= 11 is 0. The molecule has 0 aliphatic carbocycles. The first kappa shape index (κ1) is 26.8. The van der Waals surface area contributed by atoms with Crippen LogP contribution in [0.15, 0.2) is 33.5 Å². The van der Waals surface area contributed by atoms with Gasteiger partial charge < -0.3 is 19.8 Å². The summed E-state index contributed by atoms with van der Waals surface area (Å²) in [6.07, 6.45) is 0. The maximum Gasteiger partial charge on any atom is 0.229 e. The van der Waals surface area contributed by atoms with Gasteiger partial charge in [-0.2, -0.15) is 4.39 Å². The molecule has 0 fully saturated rings. The highest BCUT2D eigenvalue weighted by molar-refractivity contribution is 6.03. The number of carbonyl (C=O) groups is 2. The quantitative estimate of drug-likeness (QED) is 0.464. The highest BCUT2D eigenvalue weighted by Gasteiger charge is 2.30. The van der Waals surface area contributed by atoms with Crippen molar-refractivity contribution in [3.8, 4) is 17.1 Å². The maximum atomic E-state index is 15.1. The molecule has 2 N–H and O–H groups in total. The molecule has 2 aromatic carbocycles. The summed E-state index contributed by atoms with van der Waals surface area (Å²) in [6, 6.07) is 4.58. The van der Waals surface area contributed by atoms with Crippen LogP contribution in [0.5, 0.6) is 5.75 Å². The van der Waals surface area contributed by atoms with Crippen molar-refractivity contribution in [2.24, 2.45) is 10.8 Å². The normalized spacial score (nSPS) is 11.9. The SMILES string of the molecule is COc1c(F)c(NC(=O)C(C)(C)C)c2c(=O)cc(-c3ccc(NC(=O)C(C)(C)C)c(F)c3)oc2c1F. The van der Waals surface area contributed by atoms with Crippen molar-refractivity contribution in [3.05, 3.63) is 51.9 Å². The smallest absolute Gasteiger partial charge is 0.229 e. The molecule has 0 spiro atoms. The van der Waals surface area contributed by atoms with Crippen LogP contribution in [0.1, 0.15) is 41.5 Å². The van der Waals surface area contributed by atoms with E-state index in [0.29, 0.717) is 0 Å². The summed E-state index contributed by atoms with van der Waals surface area (Å²) in [7, 11) is 1.02. The van der Waals surface area contributed by atoms with Gasteiger partial charge in [0.25, 0.3) is 0 Å². The summed E-state index contributed by atoms with van der Waals surface area (Å²) in [4.78, 5) is 37.7. The Hall–Kier alpha value is -3.82. The second-order valence-corrected chi connectivity index (χ2v) is 10.3. The van der Waals surface area contributed by atoms with E-state index in [-0.39, 0.29) is 17.0 Å². The molecule has 36 heavy (non-hydrogen) atoms. The number of fused-ring (bicyclic) bond motifs is 1. The number of nitrogens with one attached hydrogen (secondary N) is 2. The zero-order valence-corrected chi connectivity index (χ0v) is 21.0. The lowest BCUT2D eigenvalue weighted by atomic mass is 9.95. The van der Waals surface area contributed by atoms with Crippen molar-refractivity contribution in [2.45, 2.75) is 41.5 Å². The molecule has 0 bridgehead atoms. The lowest BCUT2D eigenvalue weighted by molar-refractivity contribution is -0.123. The van der Waals surface area contributed by atoms with Gasteiger partial charge in [-0.3, -0.25) is 14.4 Å². The number of benzene rings is 2. The Kier molecular flexibility index (Phi) is 6.94. The van der Waals surface area contributed by atoms with Crippen LogP contribution in [0.4, 0.5) is 24.5 Å². The summed E-state index contributed by atoms with van der Waals surface area (Å²) in [6.45, 7) is 9.73. The van der Waals surface area contributed by atoms with E-state index in [1.165, 1.54) is 12.1 Å². The van der Waals surface area contributed by atoms with Gasteiger partial charge >= 0.3 is 0 Å². The van der Waals surface area contributed by atoms with Gasteiger partial charge in [0.1, 0.15) is 11.6 Å². The summed E-state index contributed by atoms with van der Waals surface area (Å²) in [5.74, 6) is -5.51. The molecule has 1 heterocycles. The fourth-order valence-corrected chi connectivity index (χ4v) is 3.13. The van der Waals surface area contributed by atoms with E-state index in [9.17, 15) is 18.8 Å². The fraction of sp³-hybridized carbons (Fsp3) is 0.346. The molecule has 0 saturated heterocycles. The predicted molar refractivity (Wildman–Crippen MR) is 131 cm³/mol. The van der Waals surface area contributed by atoms with Crippen LogP contribution in [0, 0.1) is 28.3 Å². The van der Waals surface area contributed by atoms with Crippen LogP contribution in [-0.4, -0.2) is 18.9 Å². The fourth-order valence-electron chi connectivity index (χ4n) is 3.13. The highest BCUT2D eigenvalue weighted by Crippen LogP contribution is 2.38. The summed E-state index contributed by atoms with van der Waals surface area (Å²) < 4.78 is 55.3. The Bertz CT molecular complexity index is 1430. The summed E-state index contributed by atoms with van der Waals surface area (Å²) in [5, 5.41) is 4.25. The molecule has 192 valence electrons. The number of rotatable bonds is 4. The van der Waals surface area contributed by atoms with E-state index in [0.717, 1.165) is 19.2 Å². The molecule has 0 aliphatic heterocycles. The Morgan fingerprint density at radius 2 is 1.47 bits per heavy atom. The number of methoxy groups -OCH3 is 1. The third-order valence-electron chi connectivity index (χ3n) is 5.32. The van der Waals surface area contributed by atoms with Crippen molar-refractivity contribution in [2.75, 3.05) is 17.7 Å². The molecule has 3 rings (SSSR count). The van der Waals surface area contributed by atoms with Crippen LogP contribution >= 0.6 is 0 Å². The molecule has 2 amide bonds. The van der Waals surface area contributed by atoms with Crippen molar-refractivity contribution >= 4 is 34.2 Å². The lowest BCUT2D eigenvalue weighted by Gasteiger charge is -2.20. The standard InChI is InChI=1S/C26H27F3N2O5/c1-25(2,3)23(33)30-14-9-8-12(10-13(14)27)16-11-15(32)17-20(31-24(34)26(4,5)6)18(28)22(35-7)19(29)21(17)36-16/h8-11H,1-7H3,(H,30,33)(H,31,34). The van der Waals surface area contributed by atoms with Crippen molar-refractivity contribution in [1.29, 1.82) is 0 Å². The number of amides is 2. The largest absolute Gasteiger partial charge is 0.491 e. The van der Waals surface area contributed by atoms with Crippen molar-refractivity contribution in [3.63, 3.8) is 0 Å². The molecule has 3 aromatic rings. The van der Waals surface area contributed by atoms with Crippen molar-refractivity contribution in [1.82, 2.24) is 0 Å². The first-order chi connectivity index (χ1) is 16.6. The summed E-state index contributed by atoms with van der Waals surface area (Å²) in [5.41, 5.74) is -3.89. The first-order valence-electron chi connectivity index (χ1n) is 11.0. The first-order valence-corrected chi connectivity index (χ1v) is 11.0. The molecule has 0 atom stereocenters. The minimum Gasteiger partial charge on any atom is -0.491 e. The Morgan fingerprint density at radius 1 is 0.889 bits per heavy atom. The minimum absolute atomic E-state index is 0.0585. The van der Waals surface area contributed by atoms with Gasteiger partial charge in [-0.1, -0.05) is 41.5 Å². The van der Waals surface area contributed by atoms with E-state index in [1.54, 1.807) is 41.5 Å². The number of halogens is 3. The second-order valence-electron chi connectivity index (χ2n) is 10.3. The third kappa shape index (κ3) is 5.07. The van der Waals surface area contributed by atoms with Crippen LogP contribution in [0.2, 0.25) is 0 Å². The van der Waals surface area contributed by atoms with Gasteiger partial charge in [0.15, 0.2) is 22.6 Å². The van der Waals surface area contributed by atoms with Gasteiger partial charge in [0.2, 0.25) is 17.6 Å². The number of hydrogen-bond acceptors (Lipinski definition) is 5. The molecule has 0 aliphatic rings. The molecule has 1 aromatic heterocycles. The van der Waals surface area contributed by atoms with E-state index in [2.05, 4.69) is 10.6 Å². The number of carbonyl (C=O) groups excluding carboxylic acids is 2. The third-order valence-corrected chi connectivity index (χ3v) is 5.32. The lowest BCUT2D eigenvalue weighted by Crippen LogP contribution is -2.29. The van der Waals surface area contributed by atoms with Crippen LogP contribution in [-0.2, 0) is 9.59 Å². The van der Waals surface area contributed by atoms with Gasteiger partial charge in [-0.25, -0.2) is 8.78 Å². The zero-order valence-electron chi connectivity index (χ0n) is 21.0. The molecular weight excluding hydrogens is 477 g/mol. The Morgan fingerprint density at radius 3 is 2.00 bits per heavy atom. The van der Waals surface area contributed by atoms with E-state index in [1.807, 2.05) is 0 Å². The number of ether oxygens (including phenoxy) is 1. The molecule has 10 heteroatoms. The maximum absolute atomic E-state index is 15.1. The van der Waals surface area contributed by atoms with Gasteiger partial charge in [0, 0.05) is 22.5 Å². The average Bonchev–Trinajstić information content (AvgIpc) is 2.76. The average molecular weight is 505 g/mol. The van der Waals surface area contributed by atoms with Gasteiger partial charge in [-0.15, -0.1) is 0 Å². The number of hydrogen-bond donors (Lipinski definition) is 2. The molecule has 0 radical (unpaired) electrons. The Balaban J connectivity index is 2.18. The molecule has 7 nitrogen and oxygen atoms in total. The Labute approximate surface area is 205 Å². The van der Waals surface area contributed by atoms with Gasteiger partial charge in [-0.05, 0) is 18.2 Å². The van der Waals surface area contributed by atoms with E-state index < -0.39 is 67.9 Å². The van der Waals surface area contributed by atoms with E-state index in [4.69, 9.17) is 9.15 Å². The highest BCUT2D eigenvalue weighted by atomic mass is 19.1. The monoisotopic (exact) mass is 504 g/mol. The zero-order chi connectivity index (χ0) is 27.2. The van der Waals surface area contributed by atoms with Gasteiger partial charge in [0.05, 0.1) is 23.9 Å². The van der Waals surface area contributed by atoms with Crippen LogP contribution < -0.4 is 20.8 Å².